The number of alkyl halides is 1. The highest BCUT2D eigenvalue weighted by molar-refractivity contribution is 6.16. The molecule has 104 valence electrons. The first-order valence-corrected chi connectivity index (χ1v) is 7.18. The topological polar surface area (TPSA) is 17.8 Å². The van der Waals surface area contributed by atoms with Crippen molar-refractivity contribution in [3.8, 4) is 0 Å². The second-order valence-electron chi connectivity index (χ2n) is 5.58. The maximum atomic E-state index is 13.6. The number of hydrogen-bond donors (Lipinski definition) is 0. The Labute approximate surface area is 118 Å². The second-order valence-corrected chi connectivity index (χ2v) is 5.85. The van der Waals surface area contributed by atoms with Crippen molar-refractivity contribution in [1.82, 2.24) is 9.55 Å². The number of aromatic nitrogens is 2. The van der Waals surface area contributed by atoms with E-state index in [1.807, 2.05) is 6.07 Å². The van der Waals surface area contributed by atoms with Crippen LogP contribution in [0, 0.1) is 24.6 Å². The van der Waals surface area contributed by atoms with Crippen LogP contribution in [0.15, 0.2) is 12.1 Å². The van der Waals surface area contributed by atoms with Crippen LogP contribution in [-0.4, -0.2) is 9.55 Å². The first kappa shape index (κ1) is 14.3. The average molecular weight is 283 g/mol. The number of fused-ring (bicyclic) bond motifs is 1. The van der Waals surface area contributed by atoms with Gasteiger partial charge in [0.25, 0.3) is 0 Å². The molecule has 2 nitrogen and oxygen atoms in total. The largest absolute Gasteiger partial charge is 0.327 e. The summed E-state index contributed by atoms with van der Waals surface area (Å²) in [7, 11) is 0. The Bertz CT molecular complexity index is 589. The van der Waals surface area contributed by atoms with Crippen molar-refractivity contribution in [2.45, 2.75) is 40.1 Å². The minimum Gasteiger partial charge on any atom is -0.327 e. The van der Waals surface area contributed by atoms with E-state index in [0.717, 1.165) is 17.9 Å². The molecule has 0 radical (unpaired) electrons. The number of hydrogen-bond acceptors (Lipinski definition) is 1. The highest BCUT2D eigenvalue weighted by atomic mass is 35.5. The van der Waals surface area contributed by atoms with E-state index < -0.39 is 0 Å². The molecule has 1 atom stereocenters. The van der Waals surface area contributed by atoms with Gasteiger partial charge in [0.2, 0.25) is 0 Å². The molecule has 0 aliphatic heterocycles. The second kappa shape index (κ2) is 5.49. The zero-order valence-corrected chi connectivity index (χ0v) is 12.6. The lowest BCUT2D eigenvalue weighted by molar-refractivity contribution is 0.365. The van der Waals surface area contributed by atoms with E-state index in [9.17, 15) is 4.39 Å². The lowest BCUT2D eigenvalue weighted by Gasteiger charge is -2.18. The van der Waals surface area contributed by atoms with Gasteiger partial charge in [0.1, 0.15) is 11.6 Å². The van der Waals surface area contributed by atoms with Gasteiger partial charge in [-0.2, -0.15) is 0 Å². The van der Waals surface area contributed by atoms with Gasteiger partial charge in [-0.05, 0) is 30.4 Å². The zero-order valence-electron chi connectivity index (χ0n) is 11.9. The molecule has 1 heterocycles. The van der Waals surface area contributed by atoms with Crippen LogP contribution in [0.1, 0.15) is 32.2 Å². The molecule has 1 unspecified atom stereocenters. The van der Waals surface area contributed by atoms with Crippen LogP contribution in [0.5, 0.6) is 0 Å². The van der Waals surface area contributed by atoms with Crippen LogP contribution in [0.2, 0.25) is 0 Å². The predicted octanol–water partition coefficient (Wildman–Crippen LogP) is 4.51. The lowest BCUT2D eigenvalue weighted by Crippen LogP contribution is -2.14. The number of benzene rings is 1. The minimum atomic E-state index is -0.213. The predicted molar refractivity (Wildman–Crippen MR) is 78.0 cm³/mol. The number of aryl methyl sites for hydroxylation is 1. The van der Waals surface area contributed by atoms with Gasteiger partial charge in [-0.15, -0.1) is 11.6 Å². The monoisotopic (exact) mass is 282 g/mol. The van der Waals surface area contributed by atoms with Gasteiger partial charge in [0.05, 0.1) is 16.9 Å². The number of halogens is 2. The fraction of sp³-hybridized carbons (Fsp3) is 0.533. The van der Waals surface area contributed by atoms with Crippen LogP contribution >= 0.6 is 11.6 Å². The third-order valence-corrected chi connectivity index (χ3v) is 4.07. The molecule has 19 heavy (non-hydrogen) atoms. The molecule has 2 rings (SSSR count). The maximum absolute atomic E-state index is 13.6. The van der Waals surface area contributed by atoms with Crippen LogP contribution in [0.3, 0.4) is 0 Å². The van der Waals surface area contributed by atoms with Gasteiger partial charge in [-0.25, -0.2) is 9.37 Å². The minimum absolute atomic E-state index is 0.213. The number of imidazole rings is 1. The molecule has 4 heteroatoms. The van der Waals surface area contributed by atoms with Crippen LogP contribution < -0.4 is 0 Å². The van der Waals surface area contributed by atoms with Crippen molar-refractivity contribution >= 4 is 22.6 Å². The summed E-state index contributed by atoms with van der Waals surface area (Å²) in [4.78, 5) is 4.44. The van der Waals surface area contributed by atoms with E-state index in [1.54, 1.807) is 6.92 Å². The molecule has 0 saturated heterocycles. The Hall–Kier alpha value is -1.09. The van der Waals surface area contributed by atoms with Gasteiger partial charge in [0, 0.05) is 12.6 Å². The molecule has 2 aromatic rings. The Balaban J connectivity index is 2.53. The molecule has 0 fully saturated rings. The van der Waals surface area contributed by atoms with E-state index in [-0.39, 0.29) is 5.82 Å². The summed E-state index contributed by atoms with van der Waals surface area (Å²) < 4.78 is 15.7. The first-order valence-electron chi connectivity index (χ1n) is 6.65. The summed E-state index contributed by atoms with van der Waals surface area (Å²) in [6, 6.07) is 3.36. The SMILES string of the molecule is Cc1cc2c(cc1F)nc(CCl)n2CC(C)C(C)C. The Morgan fingerprint density at radius 1 is 1.32 bits per heavy atom. The van der Waals surface area contributed by atoms with E-state index in [4.69, 9.17) is 11.6 Å². The number of nitrogens with zero attached hydrogens (tertiary/aromatic N) is 2. The third kappa shape index (κ3) is 2.76. The summed E-state index contributed by atoms with van der Waals surface area (Å²) >= 11 is 5.97. The lowest BCUT2D eigenvalue weighted by atomic mass is 9.98. The molecular weight excluding hydrogens is 263 g/mol. The van der Waals surface area contributed by atoms with E-state index >= 15 is 0 Å². The maximum Gasteiger partial charge on any atom is 0.128 e. The van der Waals surface area contributed by atoms with Gasteiger partial charge in [-0.3, -0.25) is 0 Å². The molecule has 1 aromatic carbocycles. The molecule has 0 N–H and O–H groups in total. The summed E-state index contributed by atoms with van der Waals surface area (Å²) in [6.45, 7) is 9.26. The van der Waals surface area contributed by atoms with E-state index in [1.165, 1.54) is 6.07 Å². The smallest absolute Gasteiger partial charge is 0.128 e. The first-order chi connectivity index (χ1) is 8.93. The fourth-order valence-electron chi connectivity index (χ4n) is 2.10. The van der Waals surface area contributed by atoms with Crippen LogP contribution in [0.4, 0.5) is 4.39 Å². The summed E-state index contributed by atoms with van der Waals surface area (Å²) in [5.41, 5.74) is 2.31. The Morgan fingerprint density at radius 3 is 2.58 bits per heavy atom. The van der Waals surface area contributed by atoms with Crippen molar-refractivity contribution < 1.29 is 4.39 Å². The zero-order chi connectivity index (χ0) is 14.2. The van der Waals surface area contributed by atoms with E-state index in [0.29, 0.717) is 28.8 Å². The van der Waals surface area contributed by atoms with Crippen molar-refractivity contribution in [2.75, 3.05) is 0 Å². The highest BCUT2D eigenvalue weighted by Crippen LogP contribution is 2.24. The molecule has 1 aromatic heterocycles. The van der Waals surface area contributed by atoms with Crippen molar-refractivity contribution in [3.63, 3.8) is 0 Å². The summed E-state index contributed by atoms with van der Waals surface area (Å²) in [5.74, 6) is 2.05. The molecule has 0 aliphatic carbocycles. The fourth-order valence-corrected chi connectivity index (χ4v) is 2.31. The standard InChI is InChI=1S/C15H20ClFN2/c1-9(2)11(4)8-19-14-5-10(3)12(17)6-13(14)18-15(19)7-16/h5-6,9,11H,7-8H2,1-4H3. The highest BCUT2D eigenvalue weighted by Gasteiger charge is 2.16. The van der Waals surface area contributed by atoms with E-state index in [2.05, 4.69) is 30.3 Å². The van der Waals surface area contributed by atoms with Gasteiger partial charge < -0.3 is 4.57 Å². The molecule has 0 spiro atoms. The molecule has 0 amide bonds. The van der Waals surface area contributed by atoms with Crippen molar-refractivity contribution in [1.29, 1.82) is 0 Å². The quantitative estimate of drug-likeness (QED) is 0.754. The summed E-state index contributed by atoms with van der Waals surface area (Å²) in [6.07, 6.45) is 0. The van der Waals surface area contributed by atoms with Crippen molar-refractivity contribution in [2.24, 2.45) is 11.8 Å². The molecule has 0 bridgehead atoms. The van der Waals surface area contributed by atoms with Gasteiger partial charge in [0.15, 0.2) is 0 Å². The molecule has 0 saturated carbocycles. The number of rotatable bonds is 4. The Morgan fingerprint density at radius 2 is 2.00 bits per heavy atom. The average Bonchev–Trinajstić information content (AvgIpc) is 2.67. The van der Waals surface area contributed by atoms with Gasteiger partial charge >= 0.3 is 0 Å². The van der Waals surface area contributed by atoms with Gasteiger partial charge in [-0.1, -0.05) is 20.8 Å². The third-order valence-electron chi connectivity index (χ3n) is 3.84. The normalized spacial score (nSPS) is 13.4. The van der Waals surface area contributed by atoms with Crippen LogP contribution in [0.25, 0.3) is 11.0 Å². The van der Waals surface area contributed by atoms with Crippen molar-refractivity contribution in [3.05, 3.63) is 29.3 Å². The Kier molecular flexibility index (Phi) is 4.14. The molecular formula is C15H20ClFN2. The molecule has 0 aliphatic rings. The summed E-state index contributed by atoms with van der Waals surface area (Å²) in [5, 5.41) is 0. The van der Waals surface area contributed by atoms with Crippen LogP contribution in [-0.2, 0) is 12.4 Å².